The summed E-state index contributed by atoms with van der Waals surface area (Å²) >= 11 is 0. The maximum absolute atomic E-state index is 12.7. The molecule has 81 valence electrons. The van der Waals surface area contributed by atoms with E-state index in [0.29, 0.717) is 12.4 Å². The van der Waals surface area contributed by atoms with Crippen molar-refractivity contribution in [3.05, 3.63) is 42.2 Å². The molecule has 0 N–H and O–H groups in total. The van der Waals surface area contributed by atoms with E-state index in [-0.39, 0.29) is 5.82 Å². The standard InChI is InChI=1S/C13H16FO/c1-2-3-4-5-6-10-15-13-9-7-8-12(14)11-13/h5-7,9,11H,2-4,10H2,1H3/b6-5+. The molecule has 0 saturated carbocycles. The summed E-state index contributed by atoms with van der Waals surface area (Å²) in [5.41, 5.74) is 0. The van der Waals surface area contributed by atoms with Crippen molar-refractivity contribution in [2.45, 2.75) is 26.2 Å². The Morgan fingerprint density at radius 3 is 3.07 bits per heavy atom. The van der Waals surface area contributed by atoms with Gasteiger partial charge in [-0.1, -0.05) is 31.9 Å². The molecule has 0 bridgehead atoms. The van der Waals surface area contributed by atoms with Gasteiger partial charge in [0.2, 0.25) is 0 Å². The molecule has 0 heterocycles. The molecule has 0 aliphatic heterocycles. The summed E-state index contributed by atoms with van der Waals surface area (Å²) in [5, 5.41) is 0. The molecule has 0 atom stereocenters. The number of rotatable bonds is 6. The second kappa shape index (κ2) is 7.04. The summed E-state index contributed by atoms with van der Waals surface area (Å²) in [4.78, 5) is 0. The molecule has 0 spiro atoms. The molecule has 1 aromatic rings. The molecule has 0 fully saturated rings. The summed E-state index contributed by atoms with van der Waals surface area (Å²) in [5.74, 6) is 0.161. The maximum atomic E-state index is 12.7. The predicted octanol–water partition coefficient (Wildman–Crippen LogP) is 3.75. The Bertz CT molecular complexity index is 307. The highest BCUT2D eigenvalue weighted by molar-refractivity contribution is 5.21. The number of hydrogen-bond acceptors (Lipinski definition) is 1. The highest BCUT2D eigenvalue weighted by Crippen LogP contribution is 2.11. The van der Waals surface area contributed by atoms with Crippen LogP contribution in [0.4, 0.5) is 4.39 Å². The highest BCUT2D eigenvalue weighted by Gasteiger charge is 1.93. The van der Waals surface area contributed by atoms with E-state index in [2.05, 4.69) is 19.1 Å². The molecule has 1 rings (SSSR count). The van der Waals surface area contributed by atoms with Crippen molar-refractivity contribution < 1.29 is 9.13 Å². The van der Waals surface area contributed by atoms with Gasteiger partial charge in [-0.05, 0) is 18.6 Å². The average Bonchev–Trinajstić information content (AvgIpc) is 2.23. The Morgan fingerprint density at radius 1 is 1.47 bits per heavy atom. The third-order valence-electron chi connectivity index (χ3n) is 1.98. The number of allylic oxidation sites excluding steroid dienone is 1. The van der Waals surface area contributed by atoms with Crippen LogP contribution in [0, 0.1) is 11.9 Å². The van der Waals surface area contributed by atoms with Crippen LogP contribution in [0.1, 0.15) is 26.2 Å². The molecule has 15 heavy (non-hydrogen) atoms. The summed E-state index contributed by atoms with van der Waals surface area (Å²) in [6.07, 6.45) is 7.53. The lowest BCUT2D eigenvalue weighted by atomic mass is 10.2. The molecule has 0 aliphatic rings. The van der Waals surface area contributed by atoms with Crippen LogP contribution in [-0.4, -0.2) is 6.61 Å². The highest BCUT2D eigenvalue weighted by atomic mass is 19.1. The first-order valence-corrected chi connectivity index (χ1v) is 5.28. The van der Waals surface area contributed by atoms with E-state index in [1.54, 1.807) is 6.07 Å². The third kappa shape index (κ3) is 5.21. The van der Waals surface area contributed by atoms with Gasteiger partial charge in [0.25, 0.3) is 0 Å². The number of hydrogen-bond donors (Lipinski definition) is 0. The number of unbranched alkanes of at least 4 members (excludes halogenated alkanes) is 2. The van der Waals surface area contributed by atoms with E-state index < -0.39 is 0 Å². The molecule has 0 amide bonds. The van der Waals surface area contributed by atoms with E-state index in [1.807, 2.05) is 6.08 Å². The molecule has 0 aliphatic carbocycles. The molecule has 1 radical (unpaired) electrons. The molecular formula is C13H16FO. The second-order valence-electron chi connectivity index (χ2n) is 3.30. The van der Waals surface area contributed by atoms with Gasteiger partial charge in [0.1, 0.15) is 18.2 Å². The van der Waals surface area contributed by atoms with Crippen LogP contribution in [0.25, 0.3) is 0 Å². The van der Waals surface area contributed by atoms with Gasteiger partial charge in [-0.25, -0.2) is 4.39 Å². The Hall–Kier alpha value is -1.31. The zero-order valence-corrected chi connectivity index (χ0v) is 9.00. The van der Waals surface area contributed by atoms with Crippen LogP contribution in [0.2, 0.25) is 0 Å². The van der Waals surface area contributed by atoms with Crippen molar-refractivity contribution in [2.75, 3.05) is 6.61 Å². The van der Waals surface area contributed by atoms with Gasteiger partial charge in [-0.2, -0.15) is 0 Å². The van der Waals surface area contributed by atoms with Gasteiger partial charge in [0, 0.05) is 12.1 Å². The van der Waals surface area contributed by atoms with Crippen LogP contribution in [0.3, 0.4) is 0 Å². The van der Waals surface area contributed by atoms with Crippen LogP contribution in [-0.2, 0) is 0 Å². The Balaban J connectivity index is 2.22. The van der Waals surface area contributed by atoms with Crippen LogP contribution < -0.4 is 4.74 Å². The topological polar surface area (TPSA) is 9.23 Å². The normalized spacial score (nSPS) is 10.8. The number of halogens is 1. The van der Waals surface area contributed by atoms with Crippen LogP contribution in [0.15, 0.2) is 30.4 Å². The van der Waals surface area contributed by atoms with Crippen molar-refractivity contribution in [3.63, 3.8) is 0 Å². The van der Waals surface area contributed by atoms with Gasteiger partial charge < -0.3 is 4.74 Å². The lowest BCUT2D eigenvalue weighted by Gasteiger charge is -2.01. The van der Waals surface area contributed by atoms with Crippen molar-refractivity contribution in [2.24, 2.45) is 0 Å². The minimum Gasteiger partial charge on any atom is -0.489 e. The lowest BCUT2D eigenvalue weighted by molar-refractivity contribution is 0.360. The smallest absolute Gasteiger partial charge is 0.134 e. The summed E-state index contributed by atoms with van der Waals surface area (Å²) in [7, 11) is 0. The first-order chi connectivity index (χ1) is 7.33. The van der Waals surface area contributed by atoms with Gasteiger partial charge in [0.15, 0.2) is 0 Å². The van der Waals surface area contributed by atoms with E-state index in [1.165, 1.54) is 25.0 Å². The SMILES string of the molecule is CCCC/C=C/COc1cc[c]c(F)c1. The Morgan fingerprint density at radius 2 is 2.33 bits per heavy atom. The van der Waals surface area contributed by atoms with Gasteiger partial charge >= 0.3 is 0 Å². The molecule has 2 heteroatoms. The predicted molar refractivity (Wildman–Crippen MR) is 59.4 cm³/mol. The molecule has 0 saturated heterocycles. The van der Waals surface area contributed by atoms with Crippen molar-refractivity contribution in [3.8, 4) is 5.75 Å². The summed E-state index contributed by atoms with van der Waals surface area (Å²) in [6.45, 7) is 2.65. The maximum Gasteiger partial charge on any atom is 0.134 e. The largest absolute Gasteiger partial charge is 0.489 e. The fourth-order valence-electron chi connectivity index (χ4n) is 1.16. The number of ether oxygens (including phenoxy) is 1. The summed E-state index contributed by atoms with van der Waals surface area (Å²) < 4.78 is 18.0. The van der Waals surface area contributed by atoms with Crippen molar-refractivity contribution >= 4 is 0 Å². The zero-order chi connectivity index (χ0) is 10.9. The van der Waals surface area contributed by atoms with Crippen molar-refractivity contribution in [1.82, 2.24) is 0 Å². The molecule has 1 nitrogen and oxygen atoms in total. The third-order valence-corrected chi connectivity index (χ3v) is 1.98. The van der Waals surface area contributed by atoms with E-state index in [9.17, 15) is 4.39 Å². The summed E-state index contributed by atoms with van der Waals surface area (Å²) in [6, 6.07) is 6.98. The van der Waals surface area contributed by atoms with Crippen LogP contribution >= 0.6 is 0 Å². The van der Waals surface area contributed by atoms with Gasteiger partial charge in [-0.3, -0.25) is 0 Å². The monoisotopic (exact) mass is 207 g/mol. The van der Waals surface area contributed by atoms with Crippen molar-refractivity contribution in [1.29, 1.82) is 0 Å². The zero-order valence-electron chi connectivity index (χ0n) is 9.00. The Kier molecular flexibility index (Phi) is 5.52. The fourth-order valence-corrected chi connectivity index (χ4v) is 1.16. The minimum atomic E-state index is -0.387. The average molecular weight is 207 g/mol. The lowest BCUT2D eigenvalue weighted by Crippen LogP contribution is -1.93. The molecule has 1 aromatic carbocycles. The van der Waals surface area contributed by atoms with Gasteiger partial charge in [-0.15, -0.1) is 0 Å². The van der Waals surface area contributed by atoms with E-state index in [0.717, 1.165) is 6.42 Å². The quantitative estimate of drug-likeness (QED) is 0.510. The first-order valence-electron chi connectivity index (χ1n) is 5.28. The first kappa shape index (κ1) is 11.8. The van der Waals surface area contributed by atoms with E-state index >= 15 is 0 Å². The minimum absolute atomic E-state index is 0.387. The van der Waals surface area contributed by atoms with E-state index in [4.69, 9.17) is 4.74 Å². The Labute approximate surface area is 90.6 Å². The molecule has 0 unspecified atom stereocenters. The second-order valence-corrected chi connectivity index (χ2v) is 3.30. The molecule has 0 aromatic heterocycles. The van der Waals surface area contributed by atoms with Crippen LogP contribution in [0.5, 0.6) is 5.75 Å². The fraction of sp³-hybridized carbons (Fsp3) is 0.385. The van der Waals surface area contributed by atoms with Gasteiger partial charge in [0.05, 0.1) is 0 Å². The molecular weight excluding hydrogens is 191 g/mol. The number of benzene rings is 1.